The van der Waals surface area contributed by atoms with E-state index in [1.807, 2.05) is 20.8 Å². The fourth-order valence-corrected chi connectivity index (χ4v) is 4.62. The lowest BCUT2D eigenvalue weighted by molar-refractivity contribution is -0.125. The van der Waals surface area contributed by atoms with Crippen LogP contribution in [0.15, 0.2) is 18.2 Å². The minimum absolute atomic E-state index is 0.142. The average molecular weight is 487 g/mol. The number of ether oxygens (including phenoxy) is 1. The first-order chi connectivity index (χ1) is 16.0. The first-order valence-corrected chi connectivity index (χ1v) is 11.8. The Morgan fingerprint density at radius 1 is 1.32 bits per heavy atom. The predicted octanol–water partition coefficient (Wildman–Crippen LogP) is 4.13. The highest BCUT2D eigenvalue weighted by Crippen LogP contribution is 2.33. The number of Topliss-reactive ketones (excluding diaryl/α,β-unsaturated/α-hetero) is 1. The molecule has 0 aliphatic heterocycles. The first kappa shape index (κ1) is 25.6. The summed E-state index contributed by atoms with van der Waals surface area (Å²) >= 11 is 6.18. The molecule has 1 aromatic carbocycles. The summed E-state index contributed by atoms with van der Waals surface area (Å²) in [6.45, 7) is 5.90. The van der Waals surface area contributed by atoms with Gasteiger partial charge in [0.2, 0.25) is 5.91 Å². The maximum Gasteiger partial charge on any atom is 0.268 e. The Morgan fingerprint density at radius 2 is 2.06 bits per heavy atom. The number of nitrogens with one attached hydrogen (secondary N) is 3. The van der Waals surface area contributed by atoms with Crippen molar-refractivity contribution in [2.75, 3.05) is 7.11 Å². The summed E-state index contributed by atoms with van der Waals surface area (Å²) in [5.41, 5.74) is 0.667. The number of aromatic nitrogens is 1. The van der Waals surface area contributed by atoms with Crippen molar-refractivity contribution in [3.05, 3.63) is 28.9 Å². The van der Waals surface area contributed by atoms with Gasteiger partial charge in [0, 0.05) is 23.2 Å². The second kappa shape index (κ2) is 10.5. The lowest BCUT2D eigenvalue weighted by Crippen LogP contribution is -2.51. The van der Waals surface area contributed by atoms with E-state index >= 15 is 0 Å². The number of hydrogen-bond donors (Lipinski definition) is 3. The van der Waals surface area contributed by atoms with E-state index in [9.17, 15) is 19.6 Å². The normalized spacial score (nSPS) is 17.8. The number of rotatable bonds is 8. The molecule has 1 aliphatic carbocycles. The van der Waals surface area contributed by atoms with Gasteiger partial charge in [0.15, 0.2) is 0 Å². The van der Waals surface area contributed by atoms with Gasteiger partial charge in [0.25, 0.3) is 5.91 Å². The number of aromatic amines is 1. The molecule has 3 rings (SSSR count). The van der Waals surface area contributed by atoms with E-state index in [4.69, 9.17) is 16.3 Å². The predicted molar refractivity (Wildman–Crippen MR) is 130 cm³/mol. The Morgan fingerprint density at radius 3 is 2.65 bits per heavy atom. The molecule has 34 heavy (non-hydrogen) atoms. The minimum atomic E-state index is -0.862. The van der Waals surface area contributed by atoms with Crippen molar-refractivity contribution in [1.82, 2.24) is 15.6 Å². The Labute approximate surface area is 204 Å². The van der Waals surface area contributed by atoms with E-state index in [1.165, 1.54) is 7.11 Å². The lowest BCUT2D eigenvalue weighted by atomic mass is 9.87. The zero-order chi connectivity index (χ0) is 25.0. The third kappa shape index (κ3) is 6.09. The summed E-state index contributed by atoms with van der Waals surface area (Å²) in [4.78, 5) is 41.2. The lowest BCUT2D eigenvalue weighted by Gasteiger charge is -2.27. The van der Waals surface area contributed by atoms with Gasteiger partial charge in [-0.25, -0.2) is 0 Å². The van der Waals surface area contributed by atoms with Crippen LogP contribution in [0.25, 0.3) is 10.9 Å². The van der Waals surface area contributed by atoms with Crippen LogP contribution in [0.5, 0.6) is 5.75 Å². The van der Waals surface area contributed by atoms with Crippen molar-refractivity contribution in [2.24, 2.45) is 11.3 Å². The van der Waals surface area contributed by atoms with E-state index < -0.39 is 23.9 Å². The highest BCUT2D eigenvalue weighted by atomic mass is 35.5. The number of ketones is 1. The Kier molecular flexibility index (Phi) is 7.88. The number of fused-ring (bicyclic) bond motifs is 1. The molecule has 9 heteroatoms. The second-order valence-electron chi connectivity index (χ2n) is 10.00. The van der Waals surface area contributed by atoms with Crippen LogP contribution in [0.1, 0.15) is 63.4 Å². The molecule has 8 nitrogen and oxygen atoms in total. The van der Waals surface area contributed by atoms with E-state index in [-0.39, 0.29) is 22.8 Å². The number of amides is 2. The Balaban J connectivity index is 1.77. The molecule has 1 heterocycles. The third-order valence-corrected chi connectivity index (χ3v) is 6.31. The van der Waals surface area contributed by atoms with Crippen molar-refractivity contribution >= 4 is 40.1 Å². The summed E-state index contributed by atoms with van der Waals surface area (Å²) in [6, 6.07) is 5.49. The van der Waals surface area contributed by atoms with Gasteiger partial charge >= 0.3 is 0 Å². The number of nitrogens with zero attached hydrogens (tertiary/aromatic N) is 1. The molecule has 0 unspecified atom stereocenters. The summed E-state index contributed by atoms with van der Waals surface area (Å²) in [6.07, 6.45) is 2.74. The molecule has 0 bridgehead atoms. The van der Waals surface area contributed by atoms with Gasteiger partial charge in [0.1, 0.15) is 29.3 Å². The van der Waals surface area contributed by atoms with Crippen molar-refractivity contribution in [1.29, 1.82) is 5.26 Å². The molecule has 0 saturated heterocycles. The summed E-state index contributed by atoms with van der Waals surface area (Å²) in [7, 11) is 1.50. The van der Waals surface area contributed by atoms with Gasteiger partial charge in [0.05, 0.1) is 18.2 Å². The van der Waals surface area contributed by atoms with Crippen molar-refractivity contribution in [3.63, 3.8) is 0 Å². The van der Waals surface area contributed by atoms with Gasteiger partial charge in [-0.2, -0.15) is 5.26 Å². The number of carbonyl (C=O) groups is 3. The van der Waals surface area contributed by atoms with Crippen LogP contribution in [0, 0.1) is 22.7 Å². The Bertz CT molecular complexity index is 1130. The molecule has 2 aromatic rings. The van der Waals surface area contributed by atoms with Gasteiger partial charge in [-0.05, 0) is 49.3 Å². The maximum absolute atomic E-state index is 13.1. The highest BCUT2D eigenvalue weighted by Gasteiger charge is 2.32. The topological polar surface area (TPSA) is 124 Å². The molecule has 0 spiro atoms. The molecule has 3 atom stereocenters. The van der Waals surface area contributed by atoms with Crippen LogP contribution in [-0.4, -0.2) is 41.8 Å². The molecule has 3 N–H and O–H groups in total. The zero-order valence-corrected chi connectivity index (χ0v) is 20.7. The van der Waals surface area contributed by atoms with Crippen LogP contribution in [0.4, 0.5) is 0 Å². The number of methoxy groups -OCH3 is 1. The molecule has 2 amide bonds. The SMILES string of the molecule is COc1c(Cl)ccc2[nH]c(C(=O)N[C@@H](CC(C)(C)C)C(=O)N[C@H](C#N)C[C@@H]3CCCC3=O)cc12. The monoisotopic (exact) mass is 486 g/mol. The van der Waals surface area contributed by atoms with Crippen LogP contribution in [0.2, 0.25) is 5.02 Å². The largest absolute Gasteiger partial charge is 0.494 e. The molecule has 1 aromatic heterocycles. The summed E-state index contributed by atoms with van der Waals surface area (Å²) < 4.78 is 5.35. The summed E-state index contributed by atoms with van der Waals surface area (Å²) in [5, 5.41) is 16.2. The number of nitriles is 1. The van der Waals surface area contributed by atoms with E-state index in [0.29, 0.717) is 40.9 Å². The standard InChI is InChI=1S/C25H31ClN4O4/c1-25(2,3)12-20(24(33)28-15(13-27)10-14-6-5-7-21(14)31)30-23(32)19-11-16-18(29-19)9-8-17(26)22(16)34-4/h8-9,11,14-15,20,29H,5-7,10,12H2,1-4H3,(H,28,33)(H,30,32)/t14-,15-,20-/m0/s1. The van der Waals surface area contributed by atoms with Gasteiger partial charge in [-0.1, -0.05) is 32.4 Å². The van der Waals surface area contributed by atoms with Crippen molar-refractivity contribution in [2.45, 2.75) is 65.0 Å². The zero-order valence-electron chi connectivity index (χ0n) is 20.0. The van der Waals surface area contributed by atoms with Gasteiger partial charge in [-0.3, -0.25) is 14.4 Å². The van der Waals surface area contributed by atoms with E-state index in [2.05, 4.69) is 21.7 Å². The van der Waals surface area contributed by atoms with Crippen LogP contribution >= 0.6 is 11.6 Å². The fourth-order valence-electron chi connectivity index (χ4n) is 4.38. The smallest absolute Gasteiger partial charge is 0.268 e. The van der Waals surface area contributed by atoms with E-state index in [0.717, 1.165) is 12.8 Å². The van der Waals surface area contributed by atoms with Crippen molar-refractivity contribution in [3.8, 4) is 11.8 Å². The Hall–Kier alpha value is -3.05. The third-order valence-electron chi connectivity index (χ3n) is 6.02. The van der Waals surface area contributed by atoms with E-state index in [1.54, 1.807) is 18.2 Å². The van der Waals surface area contributed by atoms with Crippen LogP contribution < -0.4 is 15.4 Å². The van der Waals surface area contributed by atoms with Gasteiger partial charge in [-0.15, -0.1) is 0 Å². The molecule has 1 fully saturated rings. The molecule has 0 radical (unpaired) electrons. The maximum atomic E-state index is 13.1. The number of carbonyl (C=O) groups excluding carboxylic acids is 3. The van der Waals surface area contributed by atoms with Gasteiger partial charge < -0.3 is 20.4 Å². The number of hydrogen-bond acceptors (Lipinski definition) is 5. The van der Waals surface area contributed by atoms with Crippen LogP contribution in [-0.2, 0) is 9.59 Å². The second-order valence-corrected chi connectivity index (χ2v) is 10.4. The molecule has 1 saturated carbocycles. The molecule has 1 aliphatic rings. The minimum Gasteiger partial charge on any atom is -0.494 e. The van der Waals surface area contributed by atoms with Crippen LogP contribution in [0.3, 0.4) is 0 Å². The number of halogens is 1. The molecule has 182 valence electrons. The fraction of sp³-hybridized carbons (Fsp3) is 0.520. The number of H-pyrrole nitrogens is 1. The molecular formula is C25H31ClN4O4. The summed E-state index contributed by atoms with van der Waals surface area (Å²) in [5.74, 6) is -0.510. The average Bonchev–Trinajstić information content (AvgIpc) is 3.37. The molecular weight excluding hydrogens is 456 g/mol. The first-order valence-electron chi connectivity index (χ1n) is 11.4. The highest BCUT2D eigenvalue weighted by molar-refractivity contribution is 6.33. The van der Waals surface area contributed by atoms with Crippen molar-refractivity contribution < 1.29 is 19.1 Å². The number of benzene rings is 1. The quantitative estimate of drug-likeness (QED) is 0.517.